The van der Waals surface area contributed by atoms with Crippen LogP contribution in [0, 0.1) is 23.6 Å². The number of halogens is 1. The maximum atomic E-state index is 13.3. The lowest BCUT2D eigenvalue weighted by Crippen LogP contribution is -2.39. The largest absolute Gasteiger partial charge is 0.303 e. The van der Waals surface area contributed by atoms with Crippen molar-refractivity contribution in [3.63, 3.8) is 0 Å². The molecule has 35 heavy (non-hydrogen) atoms. The van der Waals surface area contributed by atoms with Crippen LogP contribution in [0.15, 0.2) is 66.7 Å². The van der Waals surface area contributed by atoms with Gasteiger partial charge in [-0.05, 0) is 83.6 Å². The Kier molecular flexibility index (Phi) is 6.89. The Morgan fingerprint density at radius 1 is 0.743 bits per heavy atom. The number of hydrogen-bond donors (Lipinski definition) is 0. The minimum absolute atomic E-state index is 0.126. The summed E-state index contributed by atoms with van der Waals surface area (Å²) in [6, 6.07) is 22.9. The fourth-order valence-electron chi connectivity index (χ4n) is 7.42. The summed E-state index contributed by atoms with van der Waals surface area (Å²) in [5, 5.41) is 2.77. The molecule has 3 aromatic carbocycles. The van der Waals surface area contributed by atoms with E-state index in [9.17, 15) is 4.39 Å². The van der Waals surface area contributed by atoms with Crippen molar-refractivity contribution in [1.82, 2.24) is 9.80 Å². The van der Waals surface area contributed by atoms with Gasteiger partial charge in [0.2, 0.25) is 0 Å². The van der Waals surface area contributed by atoms with Crippen LogP contribution in [0.4, 0.5) is 4.39 Å². The van der Waals surface area contributed by atoms with Crippen LogP contribution >= 0.6 is 0 Å². The Morgan fingerprint density at radius 3 is 2.29 bits per heavy atom. The first-order chi connectivity index (χ1) is 17.2. The number of hydrogen-bond acceptors (Lipinski definition) is 2. The molecule has 0 amide bonds. The van der Waals surface area contributed by atoms with Gasteiger partial charge in [-0.3, -0.25) is 4.90 Å². The topological polar surface area (TPSA) is 6.48 Å². The number of rotatable bonds is 6. The Hall–Kier alpha value is -2.23. The smallest absolute Gasteiger partial charge is 0.123 e. The van der Waals surface area contributed by atoms with Crippen LogP contribution in [-0.4, -0.2) is 42.5 Å². The molecular formula is C32H39FN2. The summed E-state index contributed by atoms with van der Waals surface area (Å²) in [4.78, 5) is 5.51. The van der Waals surface area contributed by atoms with Crippen LogP contribution in [-0.2, 0) is 6.54 Å². The molecule has 0 aromatic heterocycles. The van der Waals surface area contributed by atoms with E-state index in [0.29, 0.717) is 5.92 Å². The molecule has 0 bridgehead atoms. The zero-order chi connectivity index (χ0) is 23.6. The number of likely N-dealkylation sites (tertiary alicyclic amines) is 2. The molecule has 3 aliphatic rings. The second-order valence-electron chi connectivity index (χ2n) is 11.4. The van der Waals surface area contributed by atoms with Crippen molar-refractivity contribution in [3.05, 3.63) is 83.7 Å². The summed E-state index contributed by atoms with van der Waals surface area (Å²) in [6.45, 7) is 7.20. The molecule has 2 saturated heterocycles. The van der Waals surface area contributed by atoms with Gasteiger partial charge in [-0.25, -0.2) is 4.39 Å². The number of fused-ring (bicyclic) bond motifs is 1. The summed E-state index contributed by atoms with van der Waals surface area (Å²) in [5.41, 5.74) is 2.80. The molecule has 3 heteroatoms. The van der Waals surface area contributed by atoms with E-state index in [2.05, 4.69) is 52.3 Å². The van der Waals surface area contributed by atoms with Gasteiger partial charge in [-0.2, -0.15) is 0 Å². The van der Waals surface area contributed by atoms with Crippen molar-refractivity contribution in [2.45, 2.75) is 51.0 Å². The van der Waals surface area contributed by atoms with Crippen molar-refractivity contribution in [2.75, 3.05) is 32.7 Å². The fraction of sp³-hybridized carbons (Fsp3) is 0.500. The first-order valence-corrected chi connectivity index (χ1v) is 13.9. The summed E-state index contributed by atoms with van der Waals surface area (Å²) < 4.78 is 13.3. The molecular weight excluding hydrogens is 431 g/mol. The quantitative estimate of drug-likeness (QED) is 0.379. The van der Waals surface area contributed by atoms with Gasteiger partial charge < -0.3 is 4.90 Å². The molecule has 1 saturated carbocycles. The average Bonchev–Trinajstić information content (AvgIpc) is 3.56. The van der Waals surface area contributed by atoms with Crippen LogP contribution in [0.5, 0.6) is 0 Å². The van der Waals surface area contributed by atoms with E-state index in [0.717, 1.165) is 24.3 Å². The lowest BCUT2D eigenvalue weighted by Gasteiger charge is -2.35. The van der Waals surface area contributed by atoms with E-state index in [1.807, 2.05) is 12.1 Å². The molecule has 2 heterocycles. The monoisotopic (exact) mass is 470 g/mol. The number of piperidine rings is 1. The predicted octanol–water partition coefficient (Wildman–Crippen LogP) is 7.10. The second-order valence-corrected chi connectivity index (χ2v) is 11.4. The number of nitrogens with zero attached hydrogens (tertiary/aromatic N) is 2. The van der Waals surface area contributed by atoms with Gasteiger partial charge in [-0.1, -0.05) is 80.3 Å². The number of benzene rings is 3. The van der Waals surface area contributed by atoms with Crippen molar-refractivity contribution in [3.8, 4) is 0 Å². The van der Waals surface area contributed by atoms with Gasteiger partial charge in [0.1, 0.15) is 5.82 Å². The van der Waals surface area contributed by atoms with E-state index in [1.54, 1.807) is 12.1 Å². The van der Waals surface area contributed by atoms with Crippen molar-refractivity contribution >= 4 is 10.8 Å². The third kappa shape index (κ3) is 5.17. The van der Waals surface area contributed by atoms with Crippen LogP contribution in [0.2, 0.25) is 0 Å². The highest BCUT2D eigenvalue weighted by molar-refractivity contribution is 5.85. The van der Waals surface area contributed by atoms with Crippen LogP contribution < -0.4 is 0 Å². The summed E-state index contributed by atoms with van der Waals surface area (Å²) >= 11 is 0. The maximum Gasteiger partial charge on any atom is 0.123 e. The van der Waals surface area contributed by atoms with Gasteiger partial charge >= 0.3 is 0 Å². The average molecular weight is 471 g/mol. The van der Waals surface area contributed by atoms with Crippen molar-refractivity contribution < 1.29 is 4.39 Å². The third-order valence-corrected chi connectivity index (χ3v) is 9.27. The van der Waals surface area contributed by atoms with E-state index >= 15 is 0 Å². The highest BCUT2D eigenvalue weighted by atomic mass is 19.1. The van der Waals surface area contributed by atoms with Gasteiger partial charge in [0, 0.05) is 26.2 Å². The van der Waals surface area contributed by atoms with E-state index in [-0.39, 0.29) is 5.82 Å². The molecule has 0 spiro atoms. The van der Waals surface area contributed by atoms with Gasteiger partial charge in [0.05, 0.1) is 0 Å². The predicted molar refractivity (Wildman–Crippen MR) is 143 cm³/mol. The Morgan fingerprint density at radius 2 is 1.49 bits per heavy atom. The first kappa shape index (κ1) is 23.2. The normalized spacial score (nSPS) is 25.1. The van der Waals surface area contributed by atoms with Gasteiger partial charge in [-0.15, -0.1) is 0 Å². The molecule has 2 aliphatic heterocycles. The lowest BCUT2D eigenvalue weighted by molar-refractivity contribution is 0.154. The highest BCUT2D eigenvalue weighted by Crippen LogP contribution is 2.41. The lowest BCUT2D eigenvalue weighted by atomic mass is 9.82. The molecule has 184 valence electrons. The first-order valence-electron chi connectivity index (χ1n) is 13.9. The summed E-state index contributed by atoms with van der Waals surface area (Å²) in [6.07, 6.45) is 8.14. The summed E-state index contributed by atoms with van der Waals surface area (Å²) in [7, 11) is 0. The van der Waals surface area contributed by atoms with E-state index in [1.165, 1.54) is 93.1 Å². The minimum atomic E-state index is -0.126. The molecule has 3 aromatic rings. The Balaban J connectivity index is 1.12. The van der Waals surface area contributed by atoms with Crippen LogP contribution in [0.3, 0.4) is 0 Å². The Labute approximate surface area is 210 Å². The van der Waals surface area contributed by atoms with Gasteiger partial charge in [0.15, 0.2) is 0 Å². The molecule has 2 nitrogen and oxygen atoms in total. The van der Waals surface area contributed by atoms with Crippen LogP contribution in [0.1, 0.15) is 55.6 Å². The summed E-state index contributed by atoms with van der Waals surface area (Å²) in [5.74, 6) is 3.02. The molecule has 0 radical (unpaired) electrons. The van der Waals surface area contributed by atoms with Gasteiger partial charge in [0.25, 0.3) is 0 Å². The van der Waals surface area contributed by atoms with Crippen LogP contribution in [0.25, 0.3) is 10.8 Å². The van der Waals surface area contributed by atoms with Crippen molar-refractivity contribution in [2.24, 2.45) is 17.8 Å². The second kappa shape index (κ2) is 10.4. The van der Waals surface area contributed by atoms with E-state index in [4.69, 9.17) is 0 Å². The molecule has 0 N–H and O–H groups in total. The standard InChI is InChI=1S/C32H39FN2/c33-30-14-12-24(13-15-30)25-16-18-34(19-17-25)21-29-22-35(23-32(29)27-7-1-2-8-27)20-28-10-5-9-26-6-3-4-11-31(26)28/h3-6,9-15,25,27,29,32H,1-2,7-8,16-23H2/t29?,32-/m0/s1. The molecule has 6 rings (SSSR count). The zero-order valence-electron chi connectivity index (χ0n) is 20.9. The molecule has 1 unspecified atom stereocenters. The van der Waals surface area contributed by atoms with Crippen molar-refractivity contribution in [1.29, 1.82) is 0 Å². The molecule has 1 aliphatic carbocycles. The molecule has 3 fully saturated rings. The Bertz CT molecular complexity index is 1110. The highest BCUT2D eigenvalue weighted by Gasteiger charge is 2.39. The maximum absolute atomic E-state index is 13.3. The van der Waals surface area contributed by atoms with E-state index < -0.39 is 0 Å². The fourth-order valence-corrected chi connectivity index (χ4v) is 7.42. The SMILES string of the molecule is Fc1ccc(C2CCN(CC3CN(Cc4cccc5ccccc45)C[C@H]3C3CCCC3)CC2)cc1. The third-order valence-electron chi connectivity index (χ3n) is 9.27. The minimum Gasteiger partial charge on any atom is -0.303 e. The molecule has 2 atom stereocenters. The zero-order valence-corrected chi connectivity index (χ0v) is 20.9.